The number of hydrogen-bond acceptors (Lipinski definition) is 2. The SMILES string of the molecule is Cc1ccc(NC(=O)c2ccc(=O)n(Cc3c(F)cccc3Cl)c2)cc1Cl. The molecule has 138 valence electrons. The van der Waals surface area contributed by atoms with Gasteiger partial charge in [-0.2, -0.15) is 0 Å². The standard InChI is InChI=1S/C20H15Cl2FN2O2/c1-12-5-7-14(9-17(12)22)24-20(27)13-6-8-19(26)25(10-13)11-15-16(21)3-2-4-18(15)23/h2-10H,11H2,1H3,(H,24,27). The van der Waals surface area contributed by atoms with Crippen molar-refractivity contribution in [1.82, 2.24) is 4.57 Å². The average Bonchev–Trinajstić information content (AvgIpc) is 2.63. The van der Waals surface area contributed by atoms with Crippen LogP contribution in [0.2, 0.25) is 10.0 Å². The predicted octanol–water partition coefficient (Wildman–Crippen LogP) is 4.90. The lowest BCUT2D eigenvalue weighted by Gasteiger charge is -2.11. The largest absolute Gasteiger partial charge is 0.322 e. The highest BCUT2D eigenvalue weighted by Gasteiger charge is 2.12. The van der Waals surface area contributed by atoms with Crippen LogP contribution in [0.15, 0.2) is 59.5 Å². The molecule has 7 heteroatoms. The highest BCUT2D eigenvalue weighted by Crippen LogP contribution is 2.21. The summed E-state index contributed by atoms with van der Waals surface area (Å²) in [6.07, 6.45) is 1.37. The Morgan fingerprint density at radius 1 is 1.11 bits per heavy atom. The number of rotatable bonds is 4. The number of benzene rings is 2. The van der Waals surface area contributed by atoms with Crippen LogP contribution in [0.4, 0.5) is 10.1 Å². The number of hydrogen-bond donors (Lipinski definition) is 1. The summed E-state index contributed by atoms with van der Waals surface area (Å²) in [7, 11) is 0. The quantitative estimate of drug-likeness (QED) is 0.671. The summed E-state index contributed by atoms with van der Waals surface area (Å²) in [5.41, 5.74) is 1.49. The molecule has 1 aromatic heterocycles. The van der Waals surface area contributed by atoms with Crippen LogP contribution in [0.1, 0.15) is 21.5 Å². The van der Waals surface area contributed by atoms with Crippen LogP contribution in [0.3, 0.4) is 0 Å². The van der Waals surface area contributed by atoms with E-state index in [9.17, 15) is 14.0 Å². The molecule has 27 heavy (non-hydrogen) atoms. The van der Waals surface area contributed by atoms with Crippen LogP contribution in [-0.2, 0) is 6.54 Å². The number of nitrogens with zero attached hydrogens (tertiary/aromatic N) is 1. The smallest absolute Gasteiger partial charge is 0.257 e. The summed E-state index contributed by atoms with van der Waals surface area (Å²) < 4.78 is 15.2. The molecule has 1 heterocycles. The number of carbonyl (C=O) groups is 1. The third kappa shape index (κ3) is 4.38. The van der Waals surface area contributed by atoms with E-state index in [-0.39, 0.29) is 28.3 Å². The van der Waals surface area contributed by atoms with Gasteiger partial charge in [0.25, 0.3) is 11.5 Å². The molecule has 0 saturated carbocycles. The molecule has 0 unspecified atom stereocenters. The lowest BCUT2D eigenvalue weighted by molar-refractivity contribution is 0.102. The summed E-state index contributed by atoms with van der Waals surface area (Å²) in [5, 5.41) is 3.47. The van der Waals surface area contributed by atoms with Gasteiger partial charge in [0.05, 0.1) is 12.1 Å². The number of pyridine rings is 1. The third-order valence-corrected chi connectivity index (χ3v) is 4.83. The van der Waals surface area contributed by atoms with Crippen molar-refractivity contribution in [2.75, 3.05) is 5.32 Å². The number of amides is 1. The van der Waals surface area contributed by atoms with Crippen molar-refractivity contribution in [3.63, 3.8) is 0 Å². The second kappa shape index (κ2) is 7.94. The molecule has 0 aliphatic rings. The summed E-state index contributed by atoms with van der Waals surface area (Å²) >= 11 is 12.1. The minimum Gasteiger partial charge on any atom is -0.322 e. The summed E-state index contributed by atoms with van der Waals surface area (Å²) in [6, 6.07) is 12.1. The fraction of sp³-hybridized carbons (Fsp3) is 0.100. The number of anilines is 1. The van der Waals surface area contributed by atoms with E-state index in [1.807, 2.05) is 6.92 Å². The van der Waals surface area contributed by atoms with Crippen LogP contribution in [0.25, 0.3) is 0 Å². The molecule has 1 amide bonds. The molecule has 2 aromatic carbocycles. The van der Waals surface area contributed by atoms with Crippen LogP contribution < -0.4 is 10.9 Å². The number of nitrogens with one attached hydrogen (secondary N) is 1. The van der Waals surface area contributed by atoms with Gasteiger partial charge >= 0.3 is 0 Å². The van der Waals surface area contributed by atoms with Crippen LogP contribution in [-0.4, -0.2) is 10.5 Å². The Morgan fingerprint density at radius 3 is 2.59 bits per heavy atom. The van der Waals surface area contributed by atoms with Crippen molar-refractivity contribution in [2.24, 2.45) is 0 Å². The molecule has 0 atom stereocenters. The number of aromatic nitrogens is 1. The Kier molecular flexibility index (Phi) is 5.63. The molecule has 4 nitrogen and oxygen atoms in total. The Bertz CT molecular complexity index is 1060. The van der Waals surface area contributed by atoms with Crippen LogP contribution >= 0.6 is 23.2 Å². The maximum absolute atomic E-state index is 14.0. The fourth-order valence-corrected chi connectivity index (χ4v) is 2.92. The van der Waals surface area contributed by atoms with Gasteiger partial charge < -0.3 is 9.88 Å². The van der Waals surface area contributed by atoms with Gasteiger partial charge in [0.2, 0.25) is 0 Å². The summed E-state index contributed by atoms with van der Waals surface area (Å²) in [5.74, 6) is -0.929. The van der Waals surface area contributed by atoms with Gasteiger partial charge in [-0.1, -0.05) is 35.3 Å². The van der Waals surface area contributed by atoms with Gasteiger partial charge in [-0.05, 0) is 42.8 Å². The van der Waals surface area contributed by atoms with Crippen molar-refractivity contribution in [3.05, 3.63) is 97.6 Å². The summed E-state index contributed by atoms with van der Waals surface area (Å²) in [6.45, 7) is 1.78. The first kappa shape index (κ1) is 19.1. The van der Waals surface area contributed by atoms with Gasteiger partial charge in [0.15, 0.2) is 0 Å². The zero-order valence-corrected chi connectivity index (χ0v) is 15.8. The molecular formula is C20H15Cl2FN2O2. The normalized spacial score (nSPS) is 10.7. The molecule has 0 radical (unpaired) electrons. The lowest BCUT2D eigenvalue weighted by Crippen LogP contribution is -2.23. The van der Waals surface area contributed by atoms with Gasteiger partial charge in [0, 0.05) is 33.6 Å². The van der Waals surface area contributed by atoms with E-state index in [0.717, 1.165) is 5.56 Å². The second-order valence-corrected chi connectivity index (χ2v) is 6.82. The van der Waals surface area contributed by atoms with Crippen molar-refractivity contribution in [3.8, 4) is 0 Å². The maximum Gasteiger partial charge on any atom is 0.257 e. The zero-order chi connectivity index (χ0) is 19.6. The Balaban J connectivity index is 1.87. The van der Waals surface area contributed by atoms with Crippen molar-refractivity contribution >= 4 is 34.8 Å². The molecular weight excluding hydrogens is 390 g/mol. The van der Waals surface area contributed by atoms with Crippen molar-refractivity contribution in [1.29, 1.82) is 0 Å². The number of halogens is 3. The molecule has 0 aliphatic heterocycles. The highest BCUT2D eigenvalue weighted by atomic mass is 35.5. The van der Waals surface area contributed by atoms with Gasteiger partial charge in [-0.15, -0.1) is 0 Å². The minimum atomic E-state index is -0.515. The molecule has 0 bridgehead atoms. The van der Waals surface area contributed by atoms with Gasteiger partial charge in [-0.25, -0.2) is 4.39 Å². The van der Waals surface area contributed by atoms with E-state index >= 15 is 0 Å². The van der Waals surface area contributed by atoms with E-state index in [2.05, 4.69) is 5.32 Å². The molecule has 0 spiro atoms. The van der Waals surface area contributed by atoms with Crippen molar-refractivity contribution < 1.29 is 9.18 Å². The molecule has 3 aromatic rings. The van der Waals surface area contributed by atoms with Crippen LogP contribution in [0, 0.1) is 12.7 Å². The van der Waals surface area contributed by atoms with Gasteiger partial charge in [0.1, 0.15) is 5.82 Å². The molecule has 0 fully saturated rings. The Labute approximate surface area is 165 Å². The molecule has 0 saturated heterocycles. The van der Waals surface area contributed by atoms with Gasteiger partial charge in [-0.3, -0.25) is 9.59 Å². The van der Waals surface area contributed by atoms with E-state index < -0.39 is 11.7 Å². The zero-order valence-electron chi connectivity index (χ0n) is 14.3. The molecule has 1 N–H and O–H groups in total. The first-order chi connectivity index (χ1) is 12.8. The minimum absolute atomic E-state index is 0.0815. The summed E-state index contributed by atoms with van der Waals surface area (Å²) in [4.78, 5) is 24.6. The average molecular weight is 405 g/mol. The topological polar surface area (TPSA) is 51.1 Å². The number of carbonyl (C=O) groups excluding carboxylic acids is 1. The number of aryl methyl sites for hydroxylation is 1. The molecule has 3 rings (SSSR count). The van der Waals surface area contributed by atoms with Crippen molar-refractivity contribution in [2.45, 2.75) is 13.5 Å². The van der Waals surface area contributed by atoms with E-state index in [4.69, 9.17) is 23.2 Å². The first-order valence-corrected chi connectivity index (χ1v) is 8.81. The Hall–Kier alpha value is -2.63. The van der Waals surface area contributed by atoms with E-state index in [0.29, 0.717) is 10.7 Å². The Morgan fingerprint density at radius 2 is 1.89 bits per heavy atom. The van der Waals surface area contributed by atoms with E-state index in [1.54, 1.807) is 24.3 Å². The lowest BCUT2D eigenvalue weighted by atomic mass is 10.2. The van der Waals surface area contributed by atoms with E-state index in [1.165, 1.54) is 35.0 Å². The maximum atomic E-state index is 14.0. The fourth-order valence-electron chi connectivity index (χ4n) is 2.52. The highest BCUT2D eigenvalue weighted by molar-refractivity contribution is 6.31. The van der Waals surface area contributed by atoms with Crippen LogP contribution in [0.5, 0.6) is 0 Å². The second-order valence-electron chi connectivity index (χ2n) is 6.00. The molecule has 0 aliphatic carbocycles. The predicted molar refractivity (Wildman–Crippen MR) is 105 cm³/mol. The monoisotopic (exact) mass is 404 g/mol. The first-order valence-electron chi connectivity index (χ1n) is 8.06. The third-order valence-electron chi connectivity index (χ3n) is 4.07.